The third kappa shape index (κ3) is 6.65. The number of likely N-dealkylation sites (tertiary alicyclic amines) is 1. The maximum atomic E-state index is 13.3. The molecular weight excluding hydrogens is 406 g/mol. The molecule has 1 N–H and O–H groups in total. The Hall–Kier alpha value is -3.19. The predicted molar refractivity (Wildman–Crippen MR) is 123 cm³/mol. The maximum absolute atomic E-state index is 13.3. The van der Waals surface area contributed by atoms with Crippen LogP contribution in [0.2, 0.25) is 0 Å². The first-order chi connectivity index (χ1) is 15.4. The molecule has 1 saturated heterocycles. The van der Waals surface area contributed by atoms with Crippen LogP contribution in [0.15, 0.2) is 60.7 Å². The topological polar surface area (TPSA) is 81.2 Å². The Morgan fingerprint density at radius 2 is 1.53 bits per heavy atom. The van der Waals surface area contributed by atoms with Crippen molar-refractivity contribution in [2.24, 2.45) is 0 Å². The van der Waals surface area contributed by atoms with E-state index in [2.05, 4.69) is 29.2 Å². The number of aliphatic carboxylic acids is 1. The van der Waals surface area contributed by atoms with Crippen LogP contribution in [0.25, 0.3) is 0 Å². The summed E-state index contributed by atoms with van der Waals surface area (Å²) in [5.74, 6) is -1.81. The van der Waals surface area contributed by atoms with E-state index in [-0.39, 0.29) is 18.5 Å². The van der Waals surface area contributed by atoms with Gasteiger partial charge in [-0.1, -0.05) is 48.5 Å². The van der Waals surface area contributed by atoms with Crippen LogP contribution in [0.5, 0.6) is 0 Å². The van der Waals surface area contributed by atoms with Gasteiger partial charge in [0.15, 0.2) is 0 Å². The molecule has 1 aliphatic rings. The number of carbonyl (C=O) groups excluding carboxylic acids is 2. The van der Waals surface area contributed by atoms with Crippen molar-refractivity contribution in [3.05, 3.63) is 66.2 Å². The van der Waals surface area contributed by atoms with E-state index in [9.17, 15) is 14.4 Å². The fraction of sp³-hybridized carbons (Fsp3) is 0.400. The molecule has 2 aromatic carbocycles. The van der Waals surface area contributed by atoms with Crippen LogP contribution < -0.4 is 4.90 Å². The number of para-hydroxylation sites is 1. The second-order valence-electron chi connectivity index (χ2n) is 8.18. The van der Waals surface area contributed by atoms with Crippen LogP contribution >= 0.6 is 0 Å². The lowest BCUT2D eigenvalue weighted by Gasteiger charge is -2.39. The molecule has 3 rings (SSSR count). The quantitative estimate of drug-likeness (QED) is 0.652. The first kappa shape index (κ1) is 23.5. The van der Waals surface area contributed by atoms with Crippen molar-refractivity contribution >= 4 is 23.5 Å². The Morgan fingerprint density at radius 1 is 0.938 bits per heavy atom. The summed E-state index contributed by atoms with van der Waals surface area (Å²) in [5, 5.41) is 9.09. The summed E-state index contributed by atoms with van der Waals surface area (Å²) >= 11 is 0. The molecule has 0 bridgehead atoms. The smallest absolute Gasteiger partial charge is 0.323 e. The Labute approximate surface area is 189 Å². The van der Waals surface area contributed by atoms with Gasteiger partial charge in [-0.3, -0.25) is 14.4 Å². The van der Waals surface area contributed by atoms with Crippen molar-refractivity contribution in [1.29, 1.82) is 0 Å². The number of piperidine rings is 1. The zero-order chi connectivity index (χ0) is 22.9. The molecule has 170 valence electrons. The minimum Gasteiger partial charge on any atom is -0.480 e. The zero-order valence-corrected chi connectivity index (χ0v) is 18.5. The summed E-state index contributed by atoms with van der Waals surface area (Å²) in [6.07, 6.45) is 2.65. The lowest BCUT2D eigenvalue weighted by molar-refractivity contribution is -0.144. The minimum absolute atomic E-state index is 0.0107. The van der Waals surface area contributed by atoms with Gasteiger partial charge in [0.1, 0.15) is 13.1 Å². The number of hydrogen-bond donors (Lipinski definition) is 1. The number of hydrogen-bond acceptors (Lipinski definition) is 4. The number of carbonyl (C=O) groups is 3. The van der Waals surface area contributed by atoms with Gasteiger partial charge in [0.2, 0.25) is 11.8 Å². The first-order valence-corrected chi connectivity index (χ1v) is 11.0. The molecule has 1 fully saturated rings. The molecule has 0 atom stereocenters. The van der Waals surface area contributed by atoms with Crippen LogP contribution in [0.1, 0.15) is 25.3 Å². The molecule has 0 spiro atoms. The average Bonchev–Trinajstić information content (AvgIpc) is 2.79. The van der Waals surface area contributed by atoms with E-state index in [4.69, 9.17) is 5.11 Å². The second-order valence-corrected chi connectivity index (χ2v) is 8.18. The van der Waals surface area contributed by atoms with Gasteiger partial charge in [-0.05, 0) is 37.0 Å². The van der Waals surface area contributed by atoms with Gasteiger partial charge in [0, 0.05) is 38.3 Å². The molecule has 0 unspecified atom stereocenters. The molecular formula is C25H31N3O4. The number of carboxylic acid groups (broad SMARTS) is 1. The third-order valence-electron chi connectivity index (χ3n) is 5.88. The number of anilines is 1. The number of carboxylic acids is 1. The molecule has 0 radical (unpaired) electrons. The number of rotatable bonds is 9. The van der Waals surface area contributed by atoms with Crippen molar-refractivity contribution in [1.82, 2.24) is 9.80 Å². The van der Waals surface area contributed by atoms with Crippen molar-refractivity contribution in [3.63, 3.8) is 0 Å². The van der Waals surface area contributed by atoms with Gasteiger partial charge < -0.3 is 19.8 Å². The Kier molecular flexibility index (Phi) is 8.39. The molecule has 0 aliphatic carbocycles. The second kappa shape index (κ2) is 11.4. The summed E-state index contributed by atoms with van der Waals surface area (Å²) in [4.78, 5) is 41.5. The number of amides is 2. The highest BCUT2D eigenvalue weighted by Gasteiger charge is 2.30. The number of nitrogens with zero attached hydrogens (tertiary/aromatic N) is 3. The van der Waals surface area contributed by atoms with Crippen LogP contribution in [-0.2, 0) is 20.8 Å². The molecule has 0 aromatic heterocycles. The normalized spacial score (nSPS) is 14.7. The van der Waals surface area contributed by atoms with E-state index in [1.807, 2.05) is 36.4 Å². The molecule has 2 amide bonds. The van der Waals surface area contributed by atoms with Gasteiger partial charge >= 0.3 is 5.97 Å². The van der Waals surface area contributed by atoms with Gasteiger partial charge in [0.05, 0.1) is 0 Å². The summed E-state index contributed by atoms with van der Waals surface area (Å²) in [5.41, 5.74) is 2.09. The Morgan fingerprint density at radius 3 is 2.09 bits per heavy atom. The van der Waals surface area contributed by atoms with Crippen molar-refractivity contribution in [3.8, 4) is 0 Å². The SMILES string of the molecule is CC(=O)N(CC(=O)O)CC(=O)N(c1ccccc1)C1CCN(CCc2ccccc2)CC1. The molecule has 2 aromatic rings. The lowest BCUT2D eigenvalue weighted by Crippen LogP contribution is -2.51. The van der Waals surface area contributed by atoms with E-state index >= 15 is 0 Å². The van der Waals surface area contributed by atoms with Gasteiger partial charge in [-0.2, -0.15) is 0 Å². The van der Waals surface area contributed by atoms with E-state index in [0.29, 0.717) is 0 Å². The molecule has 32 heavy (non-hydrogen) atoms. The van der Waals surface area contributed by atoms with Gasteiger partial charge in [-0.15, -0.1) is 0 Å². The summed E-state index contributed by atoms with van der Waals surface area (Å²) < 4.78 is 0. The largest absolute Gasteiger partial charge is 0.480 e. The van der Waals surface area contributed by atoms with E-state index in [1.54, 1.807) is 4.90 Å². The Balaban J connectivity index is 1.65. The maximum Gasteiger partial charge on any atom is 0.323 e. The van der Waals surface area contributed by atoms with Gasteiger partial charge in [-0.25, -0.2) is 0 Å². The van der Waals surface area contributed by atoms with Crippen molar-refractivity contribution in [2.75, 3.05) is 37.6 Å². The van der Waals surface area contributed by atoms with Crippen LogP contribution in [0.3, 0.4) is 0 Å². The fourth-order valence-electron chi connectivity index (χ4n) is 4.16. The van der Waals surface area contributed by atoms with Crippen LogP contribution in [0.4, 0.5) is 5.69 Å². The van der Waals surface area contributed by atoms with Crippen molar-refractivity contribution < 1.29 is 19.5 Å². The van der Waals surface area contributed by atoms with Crippen molar-refractivity contribution in [2.45, 2.75) is 32.2 Å². The molecule has 1 aliphatic heterocycles. The highest BCUT2D eigenvalue weighted by molar-refractivity contribution is 5.97. The molecule has 1 heterocycles. The highest BCUT2D eigenvalue weighted by atomic mass is 16.4. The average molecular weight is 438 g/mol. The highest BCUT2D eigenvalue weighted by Crippen LogP contribution is 2.24. The fourth-order valence-corrected chi connectivity index (χ4v) is 4.16. The predicted octanol–water partition coefficient (Wildman–Crippen LogP) is 2.66. The summed E-state index contributed by atoms with van der Waals surface area (Å²) in [6, 6.07) is 19.8. The Bertz CT molecular complexity index is 896. The standard InChI is InChI=1S/C25H31N3O4/c1-20(29)27(19-25(31)32)18-24(30)28(22-10-6-3-7-11-22)23-13-16-26(17-14-23)15-12-21-8-4-2-5-9-21/h2-11,23H,12-19H2,1H3,(H,31,32). The van der Waals surface area contributed by atoms with E-state index in [0.717, 1.165) is 49.5 Å². The number of benzene rings is 2. The summed E-state index contributed by atoms with van der Waals surface area (Å²) in [6.45, 7) is 3.31. The minimum atomic E-state index is -1.13. The van der Waals surface area contributed by atoms with Crippen LogP contribution in [0, 0.1) is 0 Å². The summed E-state index contributed by atoms with van der Waals surface area (Å²) in [7, 11) is 0. The monoisotopic (exact) mass is 437 g/mol. The molecule has 0 saturated carbocycles. The van der Waals surface area contributed by atoms with Gasteiger partial charge in [0.25, 0.3) is 0 Å². The van der Waals surface area contributed by atoms with Crippen LogP contribution in [-0.4, -0.2) is 71.5 Å². The zero-order valence-electron chi connectivity index (χ0n) is 18.5. The first-order valence-electron chi connectivity index (χ1n) is 11.0. The third-order valence-corrected chi connectivity index (χ3v) is 5.88. The van der Waals surface area contributed by atoms with E-state index in [1.165, 1.54) is 12.5 Å². The molecule has 7 nitrogen and oxygen atoms in total. The van der Waals surface area contributed by atoms with E-state index < -0.39 is 18.4 Å². The lowest BCUT2D eigenvalue weighted by atomic mass is 10.0. The molecule has 7 heteroatoms.